The predicted molar refractivity (Wildman–Crippen MR) is 86.0 cm³/mol. The number of aromatic nitrogens is 2. The van der Waals surface area contributed by atoms with Gasteiger partial charge in [-0.1, -0.05) is 39.5 Å². The zero-order valence-corrected chi connectivity index (χ0v) is 13.8. The van der Waals surface area contributed by atoms with Crippen molar-refractivity contribution in [2.45, 2.75) is 71.9 Å². The van der Waals surface area contributed by atoms with Crippen molar-refractivity contribution in [3.05, 3.63) is 23.3 Å². The van der Waals surface area contributed by atoms with E-state index in [2.05, 4.69) is 23.8 Å². The molecule has 120 valence electrons. The van der Waals surface area contributed by atoms with Gasteiger partial charge in [-0.15, -0.1) is 0 Å². The zero-order valence-electron chi connectivity index (χ0n) is 13.8. The van der Waals surface area contributed by atoms with E-state index in [9.17, 15) is 4.79 Å². The molecule has 2 aliphatic rings. The second kappa shape index (κ2) is 6.76. The number of rotatable bonds is 5. The van der Waals surface area contributed by atoms with Crippen molar-refractivity contribution < 1.29 is 4.79 Å². The molecule has 0 N–H and O–H groups in total. The zero-order chi connectivity index (χ0) is 15.5. The van der Waals surface area contributed by atoms with E-state index in [-0.39, 0.29) is 5.91 Å². The van der Waals surface area contributed by atoms with Crippen molar-refractivity contribution in [3.8, 4) is 0 Å². The highest BCUT2D eigenvalue weighted by Crippen LogP contribution is 2.29. The van der Waals surface area contributed by atoms with Gasteiger partial charge >= 0.3 is 0 Å². The number of nitrogens with zero attached hydrogens (tertiary/aromatic N) is 3. The molecule has 3 rings (SSSR count). The van der Waals surface area contributed by atoms with Gasteiger partial charge in [-0.2, -0.15) is 0 Å². The molecule has 0 spiro atoms. The lowest BCUT2D eigenvalue weighted by Crippen LogP contribution is -2.25. The van der Waals surface area contributed by atoms with Crippen LogP contribution < -0.4 is 0 Å². The van der Waals surface area contributed by atoms with Crippen LogP contribution in [0.4, 0.5) is 0 Å². The molecule has 0 aromatic carbocycles. The molecule has 4 nitrogen and oxygen atoms in total. The molecule has 0 radical (unpaired) electrons. The van der Waals surface area contributed by atoms with Gasteiger partial charge in [0.1, 0.15) is 5.82 Å². The van der Waals surface area contributed by atoms with Crippen LogP contribution in [0.5, 0.6) is 0 Å². The quantitative estimate of drug-likeness (QED) is 0.836. The summed E-state index contributed by atoms with van der Waals surface area (Å²) in [6, 6.07) is 0. The van der Waals surface area contributed by atoms with E-state index in [0.29, 0.717) is 25.4 Å². The highest BCUT2D eigenvalue weighted by atomic mass is 16.2. The highest BCUT2D eigenvalue weighted by molar-refractivity contribution is 5.76. The Labute approximate surface area is 133 Å². The Morgan fingerprint density at radius 3 is 2.82 bits per heavy atom. The maximum absolute atomic E-state index is 12.4. The van der Waals surface area contributed by atoms with Gasteiger partial charge in [-0.25, -0.2) is 9.97 Å². The van der Waals surface area contributed by atoms with Crippen molar-refractivity contribution in [2.24, 2.45) is 11.8 Å². The number of hydrogen-bond acceptors (Lipinski definition) is 3. The summed E-state index contributed by atoms with van der Waals surface area (Å²) < 4.78 is 0. The van der Waals surface area contributed by atoms with Crippen LogP contribution in [0.3, 0.4) is 0 Å². The van der Waals surface area contributed by atoms with E-state index < -0.39 is 0 Å². The van der Waals surface area contributed by atoms with Gasteiger partial charge in [0.25, 0.3) is 0 Å². The fourth-order valence-electron chi connectivity index (χ4n) is 3.62. The SMILES string of the molecule is CC(C)Cc1ncc2c(n1)CN(C(=O)CCC1CCCC1)C2. The van der Waals surface area contributed by atoms with Gasteiger partial charge in [0.2, 0.25) is 5.91 Å². The van der Waals surface area contributed by atoms with Crippen LogP contribution in [0.25, 0.3) is 0 Å². The molecule has 1 aliphatic heterocycles. The normalized spacial score (nSPS) is 18.2. The van der Waals surface area contributed by atoms with Crippen LogP contribution in [-0.2, 0) is 24.3 Å². The Hall–Kier alpha value is -1.45. The summed E-state index contributed by atoms with van der Waals surface area (Å²) in [5.41, 5.74) is 2.18. The minimum Gasteiger partial charge on any atom is -0.332 e. The van der Waals surface area contributed by atoms with Crippen LogP contribution in [0.15, 0.2) is 6.20 Å². The second-order valence-electron chi connectivity index (χ2n) is 7.30. The summed E-state index contributed by atoms with van der Waals surface area (Å²) in [5, 5.41) is 0. The fraction of sp³-hybridized carbons (Fsp3) is 0.722. The van der Waals surface area contributed by atoms with E-state index in [0.717, 1.165) is 35.8 Å². The van der Waals surface area contributed by atoms with Crippen molar-refractivity contribution in [3.63, 3.8) is 0 Å². The van der Waals surface area contributed by atoms with Gasteiger partial charge in [0.05, 0.1) is 12.2 Å². The van der Waals surface area contributed by atoms with Crippen molar-refractivity contribution in [2.75, 3.05) is 0 Å². The highest BCUT2D eigenvalue weighted by Gasteiger charge is 2.26. The number of fused-ring (bicyclic) bond motifs is 1. The molecule has 1 fully saturated rings. The molecule has 1 amide bonds. The molecule has 0 atom stereocenters. The molecular formula is C18H27N3O. The molecule has 4 heteroatoms. The summed E-state index contributed by atoms with van der Waals surface area (Å²) in [6.07, 6.45) is 9.92. The third kappa shape index (κ3) is 3.65. The maximum Gasteiger partial charge on any atom is 0.223 e. The Bertz CT molecular complexity index is 535. The topological polar surface area (TPSA) is 46.1 Å². The minimum absolute atomic E-state index is 0.287. The molecule has 22 heavy (non-hydrogen) atoms. The third-order valence-electron chi connectivity index (χ3n) is 4.89. The van der Waals surface area contributed by atoms with E-state index in [1.165, 1.54) is 25.7 Å². The Balaban J connectivity index is 1.55. The fourth-order valence-corrected chi connectivity index (χ4v) is 3.62. The number of amides is 1. The summed E-state index contributed by atoms with van der Waals surface area (Å²) in [7, 11) is 0. The molecular weight excluding hydrogens is 274 g/mol. The molecule has 0 bridgehead atoms. The summed E-state index contributed by atoms with van der Waals surface area (Å²) in [6.45, 7) is 5.72. The predicted octanol–water partition coefficient (Wildman–Crippen LogP) is 3.49. The van der Waals surface area contributed by atoms with E-state index in [1.54, 1.807) is 0 Å². The first-order valence-electron chi connectivity index (χ1n) is 8.73. The Kier molecular flexibility index (Phi) is 4.74. The van der Waals surface area contributed by atoms with E-state index in [4.69, 9.17) is 0 Å². The van der Waals surface area contributed by atoms with Crippen molar-refractivity contribution >= 4 is 5.91 Å². The number of carbonyl (C=O) groups is 1. The molecule has 1 aliphatic carbocycles. The third-order valence-corrected chi connectivity index (χ3v) is 4.89. The van der Waals surface area contributed by atoms with Crippen LogP contribution in [-0.4, -0.2) is 20.8 Å². The van der Waals surface area contributed by atoms with Gasteiger partial charge in [-0.3, -0.25) is 4.79 Å². The summed E-state index contributed by atoms with van der Waals surface area (Å²) >= 11 is 0. The molecule has 1 aromatic rings. The first kappa shape index (κ1) is 15.4. The molecule has 0 unspecified atom stereocenters. The first-order chi connectivity index (χ1) is 10.6. The smallest absolute Gasteiger partial charge is 0.223 e. The first-order valence-corrected chi connectivity index (χ1v) is 8.73. The van der Waals surface area contributed by atoms with Gasteiger partial charge in [0, 0.05) is 31.1 Å². The van der Waals surface area contributed by atoms with Crippen molar-refractivity contribution in [1.82, 2.24) is 14.9 Å². The van der Waals surface area contributed by atoms with E-state index >= 15 is 0 Å². The monoisotopic (exact) mass is 301 g/mol. The summed E-state index contributed by atoms with van der Waals surface area (Å²) in [4.78, 5) is 23.5. The standard InChI is InChI=1S/C18H27N3O/c1-13(2)9-17-19-10-15-11-21(12-16(15)20-17)18(22)8-7-14-5-3-4-6-14/h10,13-14H,3-9,11-12H2,1-2H3. The Morgan fingerprint density at radius 2 is 2.09 bits per heavy atom. The minimum atomic E-state index is 0.287. The van der Waals surface area contributed by atoms with Gasteiger partial charge < -0.3 is 4.90 Å². The van der Waals surface area contributed by atoms with Crippen LogP contribution >= 0.6 is 0 Å². The van der Waals surface area contributed by atoms with Gasteiger partial charge in [-0.05, 0) is 18.3 Å². The van der Waals surface area contributed by atoms with Crippen molar-refractivity contribution in [1.29, 1.82) is 0 Å². The average molecular weight is 301 g/mol. The lowest BCUT2D eigenvalue weighted by molar-refractivity contribution is -0.132. The molecule has 1 aromatic heterocycles. The molecule has 2 heterocycles. The van der Waals surface area contributed by atoms with E-state index in [1.807, 2.05) is 11.1 Å². The van der Waals surface area contributed by atoms with Crippen LogP contribution in [0.2, 0.25) is 0 Å². The lowest BCUT2D eigenvalue weighted by Gasteiger charge is -2.16. The largest absolute Gasteiger partial charge is 0.332 e. The summed E-state index contributed by atoms with van der Waals surface area (Å²) in [5.74, 6) is 2.54. The Morgan fingerprint density at radius 1 is 1.32 bits per heavy atom. The molecule has 1 saturated carbocycles. The molecule has 0 saturated heterocycles. The second-order valence-corrected chi connectivity index (χ2v) is 7.30. The number of hydrogen-bond donors (Lipinski definition) is 0. The van der Waals surface area contributed by atoms with Gasteiger partial charge in [0.15, 0.2) is 0 Å². The van der Waals surface area contributed by atoms with Crippen LogP contribution in [0.1, 0.15) is 69.5 Å². The maximum atomic E-state index is 12.4. The average Bonchev–Trinajstić information content (AvgIpc) is 3.12. The lowest BCUT2D eigenvalue weighted by atomic mass is 10.0. The number of carbonyl (C=O) groups excluding carboxylic acids is 1. The van der Waals surface area contributed by atoms with Crippen LogP contribution in [0, 0.1) is 11.8 Å².